The summed E-state index contributed by atoms with van der Waals surface area (Å²) < 4.78 is 13.4. The summed E-state index contributed by atoms with van der Waals surface area (Å²) in [5.41, 5.74) is 2.98. The average molecular weight is 513 g/mol. The van der Waals surface area contributed by atoms with Gasteiger partial charge in [0.05, 0.1) is 18.3 Å². The van der Waals surface area contributed by atoms with Crippen molar-refractivity contribution in [1.82, 2.24) is 14.8 Å². The number of ether oxygens (including phenoxy) is 2. The third-order valence-electron chi connectivity index (χ3n) is 5.39. The first kappa shape index (κ1) is 25.1. The van der Waals surface area contributed by atoms with E-state index in [0.717, 1.165) is 17.5 Å². The number of fused-ring (bicyclic) bond motifs is 1. The Morgan fingerprint density at radius 3 is 2.69 bits per heavy atom. The number of esters is 1. The van der Waals surface area contributed by atoms with Crippen LogP contribution in [0, 0.1) is 0 Å². The van der Waals surface area contributed by atoms with Crippen LogP contribution < -0.4 is 10.1 Å². The standard InChI is InChI=1S/C26H29ClN4O3S/c1-5-14-33-21-13-9-7-11-19(21)23-22(24(32)34-16(2)3)17(4)28-25-29-26(30-31(23)25)35-15-18-10-6-8-12-20(18)27/h6-13,16,23H,5,14-15H2,1-4H3,(H,28,29,30). The predicted octanol–water partition coefficient (Wildman–Crippen LogP) is 6.25. The Balaban J connectivity index is 1.74. The number of aromatic nitrogens is 3. The zero-order valence-corrected chi connectivity index (χ0v) is 21.8. The van der Waals surface area contributed by atoms with Gasteiger partial charge in [-0.2, -0.15) is 4.98 Å². The molecule has 1 aromatic heterocycles. The summed E-state index contributed by atoms with van der Waals surface area (Å²) >= 11 is 7.81. The van der Waals surface area contributed by atoms with Crippen LogP contribution in [-0.4, -0.2) is 33.4 Å². The van der Waals surface area contributed by atoms with Crippen molar-refractivity contribution in [2.45, 2.75) is 57.2 Å². The fraction of sp³-hybridized carbons (Fsp3) is 0.346. The first-order chi connectivity index (χ1) is 16.9. The lowest BCUT2D eigenvalue weighted by atomic mass is 9.95. The van der Waals surface area contributed by atoms with E-state index in [1.807, 2.05) is 69.3 Å². The van der Waals surface area contributed by atoms with Gasteiger partial charge >= 0.3 is 5.97 Å². The second kappa shape index (κ2) is 11.2. The highest BCUT2D eigenvalue weighted by molar-refractivity contribution is 7.98. The normalized spacial score (nSPS) is 15.1. The second-order valence-corrected chi connectivity index (χ2v) is 9.80. The minimum atomic E-state index is -0.548. The van der Waals surface area contributed by atoms with E-state index in [0.29, 0.717) is 45.5 Å². The number of anilines is 1. The molecule has 0 saturated heterocycles. The minimum absolute atomic E-state index is 0.256. The predicted molar refractivity (Wildman–Crippen MR) is 139 cm³/mol. The number of nitrogens with zero attached hydrogens (tertiary/aromatic N) is 3. The largest absolute Gasteiger partial charge is 0.493 e. The maximum atomic E-state index is 13.3. The third kappa shape index (κ3) is 5.65. The smallest absolute Gasteiger partial charge is 0.338 e. The van der Waals surface area contributed by atoms with Crippen molar-refractivity contribution in [3.05, 3.63) is 76.0 Å². The van der Waals surface area contributed by atoms with Crippen LogP contribution in [0.2, 0.25) is 5.02 Å². The van der Waals surface area contributed by atoms with Crippen LogP contribution in [0.1, 0.15) is 51.3 Å². The Morgan fingerprint density at radius 1 is 1.20 bits per heavy atom. The highest BCUT2D eigenvalue weighted by Crippen LogP contribution is 2.40. The van der Waals surface area contributed by atoms with Crippen molar-refractivity contribution < 1.29 is 14.3 Å². The monoisotopic (exact) mass is 512 g/mol. The van der Waals surface area contributed by atoms with E-state index >= 15 is 0 Å². The van der Waals surface area contributed by atoms with E-state index in [2.05, 4.69) is 12.2 Å². The molecule has 184 valence electrons. The van der Waals surface area contributed by atoms with Gasteiger partial charge in [-0.3, -0.25) is 0 Å². The quantitative estimate of drug-likeness (QED) is 0.268. The number of halogens is 1. The molecule has 2 heterocycles. The third-order valence-corrected chi connectivity index (χ3v) is 6.64. The van der Waals surface area contributed by atoms with Crippen LogP contribution in [0.25, 0.3) is 0 Å². The lowest BCUT2D eigenvalue weighted by molar-refractivity contribution is -0.143. The van der Waals surface area contributed by atoms with E-state index in [1.165, 1.54) is 11.8 Å². The van der Waals surface area contributed by atoms with Crippen LogP contribution in [0.15, 0.2) is 65.0 Å². The van der Waals surface area contributed by atoms with E-state index in [1.54, 1.807) is 4.68 Å². The van der Waals surface area contributed by atoms with E-state index in [4.69, 9.17) is 31.2 Å². The molecule has 1 atom stereocenters. The van der Waals surface area contributed by atoms with Crippen LogP contribution in [0.4, 0.5) is 5.95 Å². The molecule has 0 amide bonds. The fourth-order valence-electron chi connectivity index (χ4n) is 3.83. The molecule has 1 aliphatic rings. The molecule has 0 fully saturated rings. The molecule has 0 aliphatic carbocycles. The average Bonchev–Trinajstić information content (AvgIpc) is 3.23. The highest BCUT2D eigenvalue weighted by atomic mass is 35.5. The number of para-hydroxylation sites is 1. The number of allylic oxidation sites excluding steroid dienone is 1. The topological polar surface area (TPSA) is 78.3 Å². The van der Waals surface area contributed by atoms with Crippen LogP contribution in [0.3, 0.4) is 0 Å². The molecule has 3 aromatic rings. The van der Waals surface area contributed by atoms with Crippen LogP contribution >= 0.6 is 23.4 Å². The summed E-state index contributed by atoms with van der Waals surface area (Å²) in [6.07, 6.45) is 0.614. The van der Waals surface area contributed by atoms with Gasteiger partial charge in [0.25, 0.3) is 0 Å². The van der Waals surface area contributed by atoms with E-state index in [-0.39, 0.29) is 6.10 Å². The van der Waals surface area contributed by atoms with Gasteiger partial charge < -0.3 is 14.8 Å². The van der Waals surface area contributed by atoms with Crippen molar-refractivity contribution in [2.24, 2.45) is 0 Å². The Morgan fingerprint density at radius 2 is 1.94 bits per heavy atom. The zero-order valence-electron chi connectivity index (χ0n) is 20.2. The molecule has 0 saturated carbocycles. The summed E-state index contributed by atoms with van der Waals surface area (Å²) in [5.74, 6) is 1.49. The maximum absolute atomic E-state index is 13.3. The SMILES string of the molecule is CCCOc1ccccc1C1C(C(=O)OC(C)C)=C(C)Nc2nc(SCc3ccccc3Cl)nn21. The van der Waals surface area contributed by atoms with Crippen LogP contribution in [0.5, 0.6) is 5.75 Å². The van der Waals surface area contributed by atoms with E-state index in [9.17, 15) is 4.79 Å². The number of thioether (sulfide) groups is 1. The molecular formula is C26H29ClN4O3S. The molecule has 0 spiro atoms. The summed E-state index contributed by atoms with van der Waals surface area (Å²) in [7, 11) is 0. The molecule has 1 N–H and O–H groups in total. The van der Waals surface area contributed by atoms with Crippen molar-refractivity contribution in [1.29, 1.82) is 0 Å². The number of benzene rings is 2. The Kier molecular flexibility index (Phi) is 8.03. The number of hydrogen-bond donors (Lipinski definition) is 1. The van der Waals surface area contributed by atoms with Gasteiger partial charge in [-0.15, -0.1) is 5.10 Å². The maximum Gasteiger partial charge on any atom is 0.338 e. The Bertz CT molecular complexity index is 1240. The van der Waals surface area contributed by atoms with Crippen molar-refractivity contribution >= 4 is 35.3 Å². The molecule has 35 heavy (non-hydrogen) atoms. The van der Waals surface area contributed by atoms with Gasteiger partial charge in [0, 0.05) is 22.0 Å². The van der Waals surface area contributed by atoms with Gasteiger partial charge in [-0.1, -0.05) is 66.7 Å². The summed E-state index contributed by atoms with van der Waals surface area (Å²) in [5, 5.41) is 9.32. The van der Waals surface area contributed by atoms with Crippen molar-refractivity contribution in [3.8, 4) is 5.75 Å². The second-order valence-electron chi connectivity index (χ2n) is 8.45. The van der Waals surface area contributed by atoms with Gasteiger partial charge in [0.15, 0.2) is 0 Å². The molecular weight excluding hydrogens is 484 g/mol. The first-order valence-electron chi connectivity index (χ1n) is 11.6. The summed E-state index contributed by atoms with van der Waals surface area (Å²) in [6.45, 7) is 8.15. The van der Waals surface area contributed by atoms with E-state index < -0.39 is 12.0 Å². The summed E-state index contributed by atoms with van der Waals surface area (Å²) in [6, 6.07) is 14.9. The number of carbonyl (C=O) groups excluding carboxylic acids is 1. The van der Waals surface area contributed by atoms with Crippen molar-refractivity contribution in [2.75, 3.05) is 11.9 Å². The van der Waals surface area contributed by atoms with Crippen LogP contribution in [-0.2, 0) is 15.3 Å². The fourth-order valence-corrected chi connectivity index (χ4v) is 4.94. The molecule has 7 nitrogen and oxygen atoms in total. The van der Waals surface area contributed by atoms with Gasteiger partial charge in [-0.25, -0.2) is 9.48 Å². The number of carbonyl (C=O) groups is 1. The molecule has 1 aliphatic heterocycles. The molecule has 9 heteroatoms. The minimum Gasteiger partial charge on any atom is -0.493 e. The summed E-state index contributed by atoms with van der Waals surface area (Å²) in [4.78, 5) is 18.0. The van der Waals surface area contributed by atoms with Gasteiger partial charge in [0.1, 0.15) is 11.8 Å². The molecule has 0 radical (unpaired) electrons. The lowest BCUT2D eigenvalue weighted by Gasteiger charge is -2.29. The number of nitrogens with one attached hydrogen (secondary N) is 1. The molecule has 4 rings (SSSR count). The molecule has 1 unspecified atom stereocenters. The molecule has 2 aromatic carbocycles. The Labute approximate surface area is 214 Å². The van der Waals surface area contributed by atoms with Gasteiger partial charge in [-0.05, 0) is 44.9 Å². The zero-order chi connectivity index (χ0) is 24.9. The van der Waals surface area contributed by atoms with Gasteiger partial charge in [0.2, 0.25) is 11.1 Å². The first-order valence-corrected chi connectivity index (χ1v) is 13.0. The van der Waals surface area contributed by atoms with Crippen molar-refractivity contribution in [3.63, 3.8) is 0 Å². The highest BCUT2D eigenvalue weighted by Gasteiger charge is 2.37. The molecule has 0 bridgehead atoms. The Hall–Kier alpha value is -2.97. The lowest BCUT2D eigenvalue weighted by Crippen LogP contribution is -2.31. The number of hydrogen-bond acceptors (Lipinski definition) is 7. The number of rotatable bonds is 9.